The van der Waals surface area contributed by atoms with Crippen molar-refractivity contribution in [3.63, 3.8) is 0 Å². The highest BCUT2D eigenvalue weighted by molar-refractivity contribution is 5.90. The summed E-state index contributed by atoms with van der Waals surface area (Å²) in [5, 5.41) is 32.8. The standard InChI is InChI=1S/C28H45NO10/c1-16-9-7-8-10-20(31)14-17(2)37-22(33)15-21(32)27(36-6)26(19(13-16)11-12-30)39-28-25(35)23(29(4)5)24(34)18(3)38-28/h7-10,12,16-19,21,23-28,32,34-35H,11,13-15H2,1-6H3/b9-7-,10-8+/t16-,17+,18+,19-,21+,23-,24+,25+,26-,27-,28-/m0/s1. The minimum atomic E-state index is -1.39. The van der Waals surface area contributed by atoms with Crippen molar-refractivity contribution < 1.29 is 48.7 Å². The molecule has 0 aliphatic carbocycles. The van der Waals surface area contributed by atoms with E-state index in [0.29, 0.717) is 6.42 Å². The number of hydrogen-bond acceptors (Lipinski definition) is 11. The molecule has 0 aromatic carbocycles. The number of ketones is 1. The summed E-state index contributed by atoms with van der Waals surface area (Å²) >= 11 is 0. The molecule has 2 rings (SSSR count). The average Bonchev–Trinajstić information content (AvgIpc) is 2.83. The number of esters is 1. The van der Waals surface area contributed by atoms with Crippen molar-refractivity contribution in [1.29, 1.82) is 0 Å². The second kappa shape index (κ2) is 15.7. The monoisotopic (exact) mass is 555 g/mol. The summed E-state index contributed by atoms with van der Waals surface area (Å²) in [6, 6.07) is -0.701. The third-order valence-corrected chi connectivity index (χ3v) is 7.24. The summed E-state index contributed by atoms with van der Waals surface area (Å²) in [6.07, 6.45) is -0.892. The van der Waals surface area contributed by atoms with Crippen LogP contribution in [-0.4, -0.2) is 115 Å². The van der Waals surface area contributed by atoms with Crippen LogP contribution in [0.15, 0.2) is 24.3 Å². The number of ether oxygens (including phenoxy) is 4. The van der Waals surface area contributed by atoms with E-state index >= 15 is 0 Å². The maximum Gasteiger partial charge on any atom is 0.308 e. The van der Waals surface area contributed by atoms with Gasteiger partial charge in [-0.15, -0.1) is 0 Å². The van der Waals surface area contributed by atoms with Gasteiger partial charge in [-0.25, -0.2) is 0 Å². The quantitative estimate of drug-likeness (QED) is 0.315. The first-order valence-electron chi connectivity index (χ1n) is 13.4. The van der Waals surface area contributed by atoms with E-state index in [-0.39, 0.29) is 24.5 Å². The van der Waals surface area contributed by atoms with Gasteiger partial charge in [0, 0.05) is 20.0 Å². The molecule has 11 nitrogen and oxygen atoms in total. The van der Waals surface area contributed by atoms with Crippen molar-refractivity contribution in [3.05, 3.63) is 24.3 Å². The number of cyclic esters (lactones) is 1. The fraction of sp³-hybridized carbons (Fsp3) is 0.750. The lowest BCUT2D eigenvalue weighted by molar-refractivity contribution is -0.309. The van der Waals surface area contributed by atoms with Crippen LogP contribution in [-0.2, 0) is 33.3 Å². The maximum atomic E-state index is 12.6. The second-order valence-corrected chi connectivity index (χ2v) is 10.8. The van der Waals surface area contributed by atoms with Gasteiger partial charge in [0.05, 0.1) is 36.9 Å². The number of rotatable bonds is 6. The van der Waals surface area contributed by atoms with Crippen LogP contribution in [0, 0.1) is 11.8 Å². The van der Waals surface area contributed by atoms with Crippen molar-refractivity contribution in [2.75, 3.05) is 21.2 Å². The topological polar surface area (TPSA) is 152 Å². The van der Waals surface area contributed by atoms with Crippen LogP contribution in [0.5, 0.6) is 0 Å². The van der Waals surface area contributed by atoms with E-state index in [0.717, 1.165) is 6.29 Å². The van der Waals surface area contributed by atoms with Gasteiger partial charge in [-0.3, -0.25) is 9.59 Å². The van der Waals surface area contributed by atoms with Gasteiger partial charge >= 0.3 is 5.97 Å². The molecule has 0 aromatic rings. The zero-order valence-electron chi connectivity index (χ0n) is 23.7. The molecule has 2 aliphatic rings. The average molecular weight is 556 g/mol. The van der Waals surface area contributed by atoms with Gasteiger partial charge < -0.3 is 44.0 Å². The fourth-order valence-electron chi connectivity index (χ4n) is 5.27. The zero-order valence-corrected chi connectivity index (χ0v) is 23.7. The van der Waals surface area contributed by atoms with Crippen molar-refractivity contribution in [2.45, 2.75) is 102 Å². The molecule has 0 bridgehead atoms. The molecule has 0 aromatic heterocycles. The van der Waals surface area contributed by atoms with E-state index in [2.05, 4.69) is 0 Å². The third kappa shape index (κ3) is 9.56. The Morgan fingerprint density at radius 2 is 1.74 bits per heavy atom. The van der Waals surface area contributed by atoms with Gasteiger partial charge in [0.2, 0.25) is 0 Å². The molecular weight excluding hydrogens is 510 g/mol. The number of aliphatic hydroxyl groups is 3. The zero-order chi connectivity index (χ0) is 29.3. The van der Waals surface area contributed by atoms with Gasteiger partial charge in [-0.1, -0.05) is 25.2 Å². The fourth-order valence-corrected chi connectivity index (χ4v) is 5.27. The number of aldehydes is 1. The minimum Gasteiger partial charge on any atom is -0.462 e. The first-order chi connectivity index (χ1) is 18.4. The largest absolute Gasteiger partial charge is 0.462 e. The summed E-state index contributed by atoms with van der Waals surface area (Å²) in [5.74, 6) is -1.51. The maximum absolute atomic E-state index is 12.6. The minimum absolute atomic E-state index is 0.00341. The molecule has 11 atom stereocenters. The molecule has 0 amide bonds. The summed E-state index contributed by atoms with van der Waals surface area (Å²) in [7, 11) is 4.80. The first-order valence-corrected chi connectivity index (χ1v) is 13.4. The van der Waals surface area contributed by atoms with E-state index in [1.165, 1.54) is 13.2 Å². The van der Waals surface area contributed by atoms with Crippen LogP contribution < -0.4 is 0 Å². The summed E-state index contributed by atoms with van der Waals surface area (Å²) in [6.45, 7) is 5.19. The Morgan fingerprint density at radius 3 is 2.36 bits per heavy atom. The molecule has 0 unspecified atom stereocenters. The lowest BCUT2D eigenvalue weighted by atomic mass is 9.84. The van der Waals surface area contributed by atoms with E-state index < -0.39 is 73.4 Å². The SMILES string of the molecule is CO[C@@H]1[C@@H](O[C@@H]2O[C@H](C)[C@@H](O)[C@H](N(C)C)[C@H]2O)[C@@H](CC=O)C[C@@H](C)/C=C\C=C\C(=O)C[C@@H](C)OC(=O)C[C@H]1O. The van der Waals surface area contributed by atoms with Crippen molar-refractivity contribution in [3.8, 4) is 0 Å². The number of hydrogen-bond donors (Lipinski definition) is 3. The smallest absolute Gasteiger partial charge is 0.308 e. The van der Waals surface area contributed by atoms with Gasteiger partial charge in [-0.2, -0.15) is 0 Å². The number of carbonyl (C=O) groups excluding carboxylic acids is 3. The molecule has 3 N–H and O–H groups in total. The summed E-state index contributed by atoms with van der Waals surface area (Å²) < 4.78 is 23.1. The number of carbonyl (C=O) groups is 3. The van der Waals surface area contributed by atoms with E-state index in [1.807, 2.05) is 13.0 Å². The predicted octanol–water partition coefficient (Wildman–Crippen LogP) is 0.783. The number of nitrogens with zero attached hydrogens (tertiary/aromatic N) is 1. The van der Waals surface area contributed by atoms with Gasteiger partial charge in [0.1, 0.15) is 24.6 Å². The molecule has 0 spiro atoms. The Labute approximate surface area is 230 Å². The molecule has 11 heteroatoms. The highest BCUT2D eigenvalue weighted by atomic mass is 16.7. The molecule has 1 saturated heterocycles. The highest BCUT2D eigenvalue weighted by Gasteiger charge is 2.47. The van der Waals surface area contributed by atoms with Crippen LogP contribution >= 0.6 is 0 Å². The van der Waals surface area contributed by atoms with Crippen LogP contribution in [0.2, 0.25) is 0 Å². The van der Waals surface area contributed by atoms with Crippen molar-refractivity contribution in [2.24, 2.45) is 11.8 Å². The van der Waals surface area contributed by atoms with E-state index in [1.54, 1.807) is 45.0 Å². The molecule has 0 radical (unpaired) electrons. The molecule has 0 saturated carbocycles. The molecule has 1 fully saturated rings. The number of aliphatic hydroxyl groups excluding tert-OH is 3. The normalized spacial score (nSPS) is 41.1. The predicted molar refractivity (Wildman–Crippen MR) is 142 cm³/mol. The van der Waals surface area contributed by atoms with Gasteiger partial charge in [0.25, 0.3) is 0 Å². The summed E-state index contributed by atoms with van der Waals surface area (Å²) in [5.41, 5.74) is 0. The Kier molecular flexibility index (Phi) is 13.4. The molecule has 2 aliphatic heterocycles. The number of methoxy groups -OCH3 is 1. The Hall–Kier alpha value is -1.99. The molecular formula is C28H45NO10. The lowest BCUT2D eigenvalue weighted by Gasteiger charge is -2.46. The molecule has 222 valence electrons. The van der Waals surface area contributed by atoms with Crippen molar-refractivity contribution in [1.82, 2.24) is 4.90 Å². The molecule has 39 heavy (non-hydrogen) atoms. The second-order valence-electron chi connectivity index (χ2n) is 10.8. The van der Waals surface area contributed by atoms with Crippen LogP contribution in [0.3, 0.4) is 0 Å². The van der Waals surface area contributed by atoms with Crippen molar-refractivity contribution >= 4 is 18.0 Å². The van der Waals surface area contributed by atoms with Crippen LogP contribution in [0.4, 0.5) is 0 Å². The van der Waals surface area contributed by atoms with E-state index in [9.17, 15) is 29.7 Å². The number of allylic oxidation sites excluding steroid dienone is 4. The van der Waals surface area contributed by atoms with Gasteiger partial charge in [-0.05, 0) is 52.3 Å². The summed E-state index contributed by atoms with van der Waals surface area (Å²) in [4.78, 5) is 38.2. The Bertz CT molecular complexity index is 861. The van der Waals surface area contributed by atoms with E-state index in [4.69, 9.17) is 18.9 Å². The lowest BCUT2D eigenvalue weighted by Crippen LogP contribution is -2.63. The van der Waals surface area contributed by atoms with Gasteiger partial charge in [0.15, 0.2) is 12.1 Å². The third-order valence-electron chi connectivity index (χ3n) is 7.24. The van der Waals surface area contributed by atoms with Crippen LogP contribution in [0.25, 0.3) is 0 Å². The van der Waals surface area contributed by atoms with Crippen LogP contribution in [0.1, 0.15) is 46.5 Å². The molecule has 2 heterocycles. The Morgan fingerprint density at radius 1 is 1.05 bits per heavy atom. The highest BCUT2D eigenvalue weighted by Crippen LogP contribution is 2.32. The number of likely N-dealkylation sites (N-methyl/N-ethyl adjacent to an activating group) is 1. The first kappa shape index (κ1) is 33.2. The Balaban J connectivity index is 2.47.